The summed E-state index contributed by atoms with van der Waals surface area (Å²) in [5, 5.41) is 0. The first-order valence-electron chi connectivity index (χ1n) is 5.90. The molecule has 0 unspecified atom stereocenters. The summed E-state index contributed by atoms with van der Waals surface area (Å²) in [7, 11) is 0. The monoisotopic (exact) mass is 301 g/mol. The van der Waals surface area contributed by atoms with Crippen LogP contribution in [0, 0.1) is 5.82 Å². The first-order valence-corrected chi connectivity index (χ1v) is 5.90. The standard InChI is InChI=1S/C14H11F4NO2/c15-10-7-9(8-19)5-6-11(10)20-12-3-1-2-4-13(12)21-14(16,17)18/h1-7H,8,19H2. The molecule has 2 aromatic carbocycles. The lowest BCUT2D eigenvalue weighted by Gasteiger charge is -2.14. The molecule has 112 valence electrons. The summed E-state index contributed by atoms with van der Waals surface area (Å²) in [5.41, 5.74) is 5.90. The van der Waals surface area contributed by atoms with E-state index in [1.807, 2.05) is 0 Å². The zero-order valence-corrected chi connectivity index (χ0v) is 10.7. The molecule has 0 saturated heterocycles. The van der Waals surface area contributed by atoms with Crippen LogP contribution < -0.4 is 15.2 Å². The molecule has 2 aromatic rings. The van der Waals surface area contributed by atoms with Gasteiger partial charge in [-0.1, -0.05) is 18.2 Å². The molecule has 0 aliphatic carbocycles. The number of para-hydroxylation sites is 2. The number of alkyl halides is 3. The molecular weight excluding hydrogens is 290 g/mol. The Balaban J connectivity index is 2.27. The van der Waals surface area contributed by atoms with Crippen LogP contribution in [0.1, 0.15) is 5.56 Å². The molecule has 0 radical (unpaired) electrons. The highest BCUT2D eigenvalue weighted by atomic mass is 19.4. The summed E-state index contributed by atoms with van der Waals surface area (Å²) in [6.07, 6.45) is -4.86. The van der Waals surface area contributed by atoms with Gasteiger partial charge in [0, 0.05) is 6.54 Å². The van der Waals surface area contributed by atoms with Crippen molar-refractivity contribution in [3.8, 4) is 17.2 Å². The third kappa shape index (κ3) is 4.09. The van der Waals surface area contributed by atoms with Gasteiger partial charge >= 0.3 is 6.36 Å². The first-order chi connectivity index (χ1) is 9.89. The zero-order chi connectivity index (χ0) is 15.5. The van der Waals surface area contributed by atoms with Crippen LogP contribution in [-0.4, -0.2) is 6.36 Å². The van der Waals surface area contributed by atoms with Crippen molar-refractivity contribution in [2.75, 3.05) is 0 Å². The van der Waals surface area contributed by atoms with Crippen molar-refractivity contribution < 1.29 is 27.0 Å². The summed E-state index contributed by atoms with van der Waals surface area (Å²) in [5.74, 6) is -1.73. The number of benzene rings is 2. The van der Waals surface area contributed by atoms with E-state index in [1.54, 1.807) is 0 Å². The Kier molecular flexibility index (Phi) is 4.32. The molecule has 0 aromatic heterocycles. The van der Waals surface area contributed by atoms with Gasteiger partial charge in [0.25, 0.3) is 0 Å². The minimum Gasteiger partial charge on any atom is -0.450 e. The molecule has 0 bridgehead atoms. The number of hydrogen-bond acceptors (Lipinski definition) is 3. The fraction of sp³-hybridized carbons (Fsp3) is 0.143. The minimum atomic E-state index is -4.86. The van der Waals surface area contributed by atoms with Crippen LogP contribution in [0.5, 0.6) is 17.2 Å². The molecule has 7 heteroatoms. The number of hydrogen-bond donors (Lipinski definition) is 1. The van der Waals surface area contributed by atoms with Gasteiger partial charge in [0.1, 0.15) is 0 Å². The van der Waals surface area contributed by atoms with Gasteiger partial charge in [-0.15, -0.1) is 13.2 Å². The van der Waals surface area contributed by atoms with Crippen LogP contribution in [-0.2, 0) is 6.54 Å². The maximum Gasteiger partial charge on any atom is 0.573 e. The molecule has 3 nitrogen and oxygen atoms in total. The molecule has 0 aliphatic heterocycles. The van der Waals surface area contributed by atoms with Crippen LogP contribution in [0.15, 0.2) is 42.5 Å². The molecule has 0 fully saturated rings. The van der Waals surface area contributed by atoms with E-state index in [-0.39, 0.29) is 18.0 Å². The molecule has 0 spiro atoms. The lowest BCUT2D eigenvalue weighted by atomic mass is 10.2. The molecule has 2 N–H and O–H groups in total. The number of halogens is 4. The normalized spacial score (nSPS) is 11.3. The molecule has 0 aliphatic rings. The molecule has 0 saturated carbocycles. The van der Waals surface area contributed by atoms with Crippen LogP contribution in [0.2, 0.25) is 0 Å². The van der Waals surface area contributed by atoms with Crippen LogP contribution in [0.4, 0.5) is 17.6 Å². The maximum atomic E-state index is 13.7. The van der Waals surface area contributed by atoms with Gasteiger partial charge in [0.15, 0.2) is 23.1 Å². The van der Waals surface area contributed by atoms with Gasteiger partial charge in [0.05, 0.1) is 0 Å². The SMILES string of the molecule is NCc1ccc(Oc2ccccc2OC(F)(F)F)c(F)c1. The maximum absolute atomic E-state index is 13.7. The first kappa shape index (κ1) is 15.1. The lowest BCUT2D eigenvalue weighted by molar-refractivity contribution is -0.275. The van der Waals surface area contributed by atoms with E-state index in [2.05, 4.69) is 4.74 Å². The smallest absolute Gasteiger partial charge is 0.450 e. The van der Waals surface area contributed by atoms with Gasteiger partial charge in [-0.25, -0.2) is 4.39 Å². The Morgan fingerprint density at radius 1 is 0.952 bits per heavy atom. The van der Waals surface area contributed by atoms with E-state index < -0.39 is 17.9 Å². The minimum absolute atomic E-state index is 0.144. The quantitative estimate of drug-likeness (QED) is 0.869. The van der Waals surface area contributed by atoms with Crippen LogP contribution in [0.3, 0.4) is 0 Å². The molecule has 21 heavy (non-hydrogen) atoms. The van der Waals surface area contributed by atoms with E-state index in [4.69, 9.17) is 10.5 Å². The number of ether oxygens (including phenoxy) is 2. The molecule has 2 rings (SSSR count). The topological polar surface area (TPSA) is 44.5 Å². The molecule has 0 amide bonds. The summed E-state index contributed by atoms with van der Waals surface area (Å²) >= 11 is 0. The van der Waals surface area contributed by atoms with Gasteiger partial charge in [0.2, 0.25) is 0 Å². The third-order valence-corrected chi connectivity index (χ3v) is 2.53. The lowest BCUT2D eigenvalue weighted by Crippen LogP contribution is -2.17. The fourth-order valence-electron chi connectivity index (χ4n) is 1.62. The van der Waals surface area contributed by atoms with Crippen molar-refractivity contribution >= 4 is 0 Å². The Hall–Kier alpha value is -2.28. The Bertz CT molecular complexity index is 629. The van der Waals surface area contributed by atoms with E-state index in [9.17, 15) is 17.6 Å². The van der Waals surface area contributed by atoms with Crippen LogP contribution in [0.25, 0.3) is 0 Å². The van der Waals surface area contributed by atoms with E-state index >= 15 is 0 Å². The van der Waals surface area contributed by atoms with Crippen LogP contribution >= 0.6 is 0 Å². The average molecular weight is 301 g/mol. The Labute approximate surface area is 117 Å². The largest absolute Gasteiger partial charge is 0.573 e. The highest BCUT2D eigenvalue weighted by Crippen LogP contribution is 2.35. The summed E-state index contributed by atoms with van der Waals surface area (Å²) in [4.78, 5) is 0. The average Bonchev–Trinajstić information content (AvgIpc) is 2.41. The fourth-order valence-corrected chi connectivity index (χ4v) is 1.62. The number of nitrogens with two attached hydrogens (primary N) is 1. The second-order valence-electron chi connectivity index (χ2n) is 4.07. The highest BCUT2D eigenvalue weighted by Gasteiger charge is 2.32. The van der Waals surface area contributed by atoms with Gasteiger partial charge < -0.3 is 15.2 Å². The zero-order valence-electron chi connectivity index (χ0n) is 10.7. The van der Waals surface area contributed by atoms with E-state index in [0.717, 1.165) is 12.1 Å². The summed E-state index contributed by atoms with van der Waals surface area (Å²) < 4.78 is 59.5. The molecule has 0 heterocycles. The highest BCUT2D eigenvalue weighted by molar-refractivity contribution is 5.43. The predicted molar refractivity (Wildman–Crippen MR) is 67.5 cm³/mol. The van der Waals surface area contributed by atoms with Crippen molar-refractivity contribution in [1.82, 2.24) is 0 Å². The summed E-state index contributed by atoms with van der Waals surface area (Å²) in [6.45, 7) is 0.144. The van der Waals surface area contributed by atoms with Crippen molar-refractivity contribution in [1.29, 1.82) is 0 Å². The Morgan fingerprint density at radius 2 is 1.62 bits per heavy atom. The van der Waals surface area contributed by atoms with Crippen molar-refractivity contribution in [2.24, 2.45) is 5.73 Å². The predicted octanol–water partition coefficient (Wildman–Crippen LogP) is 3.98. The van der Waals surface area contributed by atoms with E-state index in [1.165, 1.54) is 30.3 Å². The van der Waals surface area contributed by atoms with Crippen molar-refractivity contribution in [3.63, 3.8) is 0 Å². The number of rotatable bonds is 4. The second kappa shape index (κ2) is 6.01. The third-order valence-electron chi connectivity index (χ3n) is 2.53. The molecular formula is C14H11F4NO2. The van der Waals surface area contributed by atoms with Gasteiger partial charge in [-0.2, -0.15) is 0 Å². The molecule has 0 atom stereocenters. The second-order valence-corrected chi connectivity index (χ2v) is 4.07. The van der Waals surface area contributed by atoms with Crippen molar-refractivity contribution in [2.45, 2.75) is 12.9 Å². The van der Waals surface area contributed by atoms with E-state index in [0.29, 0.717) is 5.56 Å². The Morgan fingerprint density at radius 3 is 2.19 bits per heavy atom. The van der Waals surface area contributed by atoms with Crippen molar-refractivity contribution in [3.05, 3.63) is 53.8 Å². The van der Waals surface area contributed by atoms with Gasteiger partial charge in [-0.3, -0.25) is 0 Å². The summed E-state index contributed by atoms with van der Waals surface area (Å²) in [6, 6.07) is 9.09. The van der Waals surface area contributed by atoms with Gasteiger partial charge in [-0.05, 0) is 29.8 Å².